The van der Waals surface area contributed by atoms with Gasteiger partial charge < -0.3 is 9.84 Å². The van der Waals surface area contributed by atoms with Crippen LogP contribution < -0.4 is 4.74 Å². The van der Waals surface area contributed by atoms with E-state index < -0.39 is 5.97 Å². The molecule has 1 saturated heterocycles. The van der Waals surface area contributed by atoms with Gasteiger partial charge in [0, 0.05) is 13.0 Å². The Bertz CT molecular complexity index is 682. The topological polar surface area (TPSA) is 66.8 Å². The minimum atomic E-state index is -0.880. The van der Waals surface area contributed by atoms with Crippen LogP contribution in [0.1, 0.15) is 18.4 Å². The maximum absolute atomic E-state index is 12.4. The third-order valence-electron chi connectivity index (χ3n) is 3.19. The van der Waals surface area contributed by atoms with Gasteiger partial charge in [-0.05, 0) is 30.2 Å². The molecule has 24 heavy (non-hydrogen) atoms. The summed E-state index contributed by atoms with van der Waals surface area (Å²) in [4.78, 5) is 24.9. The molecule has 7 heteroatoms. The van der Waals surface area contributed by atoms with Gasteiger partial charge in [0.1, 0.15) is 16.7 Å². The van der Waals surface area contributed by atoms with Gasteiger partial charge in [0.25, 0.3) is 5.91 Å². The van der Waals surface area contributed by atoms with Crippen molar-refractivity contribution in [1.82, 2.24) is 4.90 Å². The highest BCUT2D eigenvalue weighted by Gasteiger charge is 2.31. The molecule has 1 aromatic rings. The Balaban J connectivity index is 2.02. The Morgan fingerprint density at radius 1 is 1.38 bits per heavy atom. The largest absolute Gasteiger partial charge is 0.490 e. The van der Waals surface area contributed by atoms with E-state index in [2.05, 4.69) is 6.58 Å². The van der Waals surface area contributed by atoms with Crippen LogP contribution in [0.25, 0.3) is 6.08 Å². The van der Waals surface area contributed by atoms with E-state index in [1.54, 1.807) is 12.2 Å². The fourth-order valence-electron chi connectivity index (χ4n) is 2.05. The summed E-state index contributed by atoms with van der Waals surface area (Å²) >= 11 is 6.44. The average Bonchev–Trinajstić information content (AvgIpc) is 2.81. The zero-order chi connectivity index (χ0) is 17.5. The molecule has 5 nitrogen and oxygen atoms in total. The number of carbonyl (C=O) groups is 2. The number of carbonyl (C=O) groups excluding carboxylic acids is 1. The fourth-order valence-corrected chi connectivity index (χ4v) is 3.36. The number of hydrogen-bond acceptors (Lipinski definition) is 5. The van der Waals surface area contributed by atoms with Gasteiger partial charge in [-0.1, -0.05) is 48.8 Å². The number of ether oxygens (including phenoxy) is 1. The second-order valence-electron chi connectivity index (χ2n) is 5.00. The number of rotatable bonds is 8. The van der Waals surface area contributed by atoms with Crippen molar-refractivity contribution in [2.24, 2.45) is 0 Å². The molecule has 1 amide bonds. The van der Waals surface area contributed by atoms with Crippen LogP contribution in [0.5, 0.6) is 5.75 Å². The zero-order valence-corrected chi connectivity index (χ0v) is 14.6. The summed E-state index contributed by atoms with van der Waals surface area (Å²) in [6.45, 7) is 4.35. The van der Waals surface area contributed by atoms with Gasteiger partial charge in [0.05, 0.1) is 4.91 Å². The predicted octanol–water partition coefficient (Wildman–Crippen LogP) is 3.32. The van der Waals surface area contributed by atoms with Crippen molar-refractivity contribution in [1.29, 1.82) is 0 Å². The molecule has 1 aromatic carbocycles. The van der Waals surface area contributed by atoms with Crippen LogP contribution in [0.2, 0.25) is 0 Å². The number of carboxylic acids is 1. The summed E-state index contributed by atoms with van der Waals surface area (Å²) in [7, 11) is 0. The zero-order valence-electron chi connectivity index (χ0n) is 12.9. The molecular weight excluding hydrogens is 346 g/mol. The summed E-state index contributed by atoms with van der Waals surface area (Å²) in [5.41, 5.74) is 0.868. The monoisotopic (exact) mass is 363 g/mol. The first-order valence-corrected chi connectivity index (χ1v) is 8.54. The Kier molecular flexibility index (Phi) is 6.57. The number of hydrogen-bond donors (Lipinski definition) is 1. The normalized spacial score (nSPS) is 15.8. The molecule has 1 heterocycles. The highest BCUT2D eigenvalue weighted by atomic mass is 32.2. The number of aliphatic carboxylic acids is 1. The van der Waals surface area contributed by atoms with Crippen LogP contribution in [0.3, 0.4) is 0 Å². The molecule has 0 bridgehead atoms. The Morgan fingerprint density at radius 3 is 2.71 bits per heavy atom. The van der Waals surface area contributed by atoms with E-state index in [0.717, 1.165) is 11.3 Å². The lowest BCUT2D eigenvalue weighted by molar-refractivity contribution is -0.137. The molecule has 0 aromatic heterocycles. The molecule has 126 valence electrons. The maximum atomic E-state index is 12.4. The second kappa shape index (κ2) is 8.65. The first kappa shape index (κ1) is 18.2. The lowest BCUT2D eigenvalue weighted by atomic mass is 10.2. The Labute approximate surface area is 150 Å². The van der Waals surface area contributed by atoms with Gasteiger partial charge >= 0.3 is 5.97 Å². The van der Waals surface area contributed by atoms with Crippen molar-refractivity contribution in [2.75, 3.05) is 13.2 Å². The van der Waals surface area contributed by atoms with Gasteiger partial charge in [0.2, 0.25) is 0 Å². The van der Waals surface area contributed by atoms with Gasteiger partial charge in [0.15, 0.2) is 0 Å². The number of carboxylic acid groups (broad SMARTS) is 1. The van der Waals surface area contributed by atoms with Crippen molar-refractivity contribution in [3.8, 4) is 5.75 Å². The fraction of sp³-hybridized carbons (Fsp3) is 0.235. The smallest absolute Gasteiger partial charge is 0.303 e. The number of thioether (sulfide) groups is 1. The minimum absolute atomic E-state index is 0.0161. The van der Waals surface area contributed by atoms with Gasteiger partial charge in [-0.15, -0.1) is 0 Å². The molecule has 0 aliphatic carbocycles. The highest BCUT2D eigenvalue weighted by molar-refractivity contribution is 8.26. The summed E-state index contributed by atoms with van der Waals surface area (Å²) in [5, 5.41) is 8.67. The number of benzene rings is 1. The van der Waals surface area contributed by atoms with E-state index >= 15 is 0 Å². The number of thiocarbonyl (C=S) groups is 1. The molecule has 0 spiro atoms. The summed E-state index contributed by atoms with van der Waals surface area (Å²) < 4.78 is 5.87. The maximum Gasteiger partial charge on any atom is 0.303 e. The van der Waals surface area contributed by atoms with E-state index in [1.807, 2.05) is 24.3 Å². The van der Waals surface area contributed by atoms with Crippen LogP contribution in [-0.2, 0) is 9.59 Å². The van der Waals surface area contributed by atoms with Crippen molar-refractivity contribution >= 4 is 46.3 Å². The summed E-state index contributed by atoms with van der Waals surface area (Å²) in [5.74, 6) is -0.328. The van der Waals surface area contributed by atoms with E-state index in [4.69, 9.17) is 22.1 Å². The first-order chi connectivity index (χ1) is 11.5. The summed E-state index contributed by atoms with van der Waals surface area (Å²) in [6.07, 6.45) is 3.84. The Hall–Kier alpha value is -2.12. The third-order valence-corrected chi connectivity index (χ3v) is 4.57. The van der Waals surface area contributed by atoms with Crippen molar-refractivity contribution < 1.29 is 19.4 Å². The van der Waals surface area contributed by atoms with Gasteiger partial charge in [-0.3, -0.25) is 14.5 Å². The van der Waals surface area contributed by atoms with E-state index in [9.17, 15) is 9.59 Å². The van der Waals surface area contributed by atoms with Gasteiger partial charge in [-0.2, -0.15) is 0 Å². The van der Waals surface area contributed by atoms with Crippen LogP contribution in [0.4, 0.5) is 0 Å². The predicted molar refractivity (Wildman–Crippen MR) is 98.9 cm³/mol. The van der Waals surface area contributed by atoms with Crippen LogP contribution >= 0.6 is 24.0 Å². The van der Waals surface area contributed by atoms with E-state index in [1.165, 1.54) is 16.7 Å². The molecule has 1 aliphatic heterocycles. The SMILES string of the molecule is C=CCOc1ccc(/C=C2/SC(=S)N(CCCC(=O)O)C2=O)cc1. The lowest BCUT2D eigenvalue weighted by Gasteiger charge is -2.13. The molecule has 0 atom stereocenters. The third kappa shape index (κ3) is 4.94. The average molecular weight is 363 g/mol. The number of amides is 1. The molecule has 0 saturated carbocycles. The van der Waals surface area contributed by atoms with Crippen molar-refractivity contribution in [3.05, 3.63) is 47.4 Å². The molecule has 0 unspecified atom stereocenters. The molecule has 0 radical (unpaired) electrons. The Morgan fingerprint density at radius 2 is 2.08 bits per heavy atom. The highest BCUT2D eigenvalue weighted by Crippen LogP contribution is 2.32. The van der Waals surface area contributed by atoms with Gasteiger partial charge in [-0.25, -0.2) is 0 Å². The standard InChI is InChI=1S/C17H17NO4S2/c1-2-10-22-13-7-5-12(6-8-13)11-14-16(21)18(17(23)24-14)9-3-4-15(19)20/h2,5-8,11H,1,3-4,9-10H2,(H,19,20)/b14-11+. The molecule has 1 fully saturated rings. The van der Waals surface area contributed by atoms with Crippen LogP contribution in [0, 0.1) is 0 Å². The van der Waals surface area contributed by atoms with Crippen molar-refractivity contribution in [2.45, 2.75) is 12.8 Å². The van der Waals surface area contributed by atoms with E-state index in [0.29, 0.717) is 28.8 Å². The molecule has 2 rings (SSSR count). The summed E-state index contributed by atoms with van der Waals surface area (Å²) in [6, 6.07) is 7.36. The number of nitrogens with zero attached hydrogens (tertiary/aromatic N) is 1. The quantitative estimate of drug-likeness (QED) is 0.434. The van der Waals surface area contributed by atoms with Crippen LogP contribution in [-0.4, -0.2) is 39.4 Å². The minimum Gasteiger partial charge on any atom is -0.490 e. The van der Waals surface area contributed by atoms with E-state index in [-0.39, 0.29) is 12.3 Å². The second-order valence-corrected chi connectivity index (χ2v) is 6.68. The first-order valence-electron chi connectivity index (χ1n) is 7.32. The lowest BCUT2D eigenvalue weighted by Crippen LogP contribution is -2.29. The van der Waals surface area contributed by atoms with Crippen molar-refractivity contribution in [3.63, 3.8) is 0 Å². The molecular formula is C17H17NO4S2. The molecule has 1 N–H and O–H groups in total. The molecule has 1 aliphatic rings. The van der Waals surface area contributed by atoms with Crippen LogP contribution in [0.15, 0.2) is 41.8 Å².